The first-order valence-electron chi connectivity index (χ1n) is 19.9. The Balaban J connectivity index is 1.30. The largest absolute Gasteiger partial charge is 0.478 e. The summed E-state index contributed by atoms with van der Waals surface area (Å²) in [6, 6.07) is 23.0. The molecule has 4 N–H and O–H groups in total. The molecular weight excluding hydrogens is 815 g/mol. The molecule has 0 atom stereocenters. The summed E-state index contributed by atoms with van der Waals surface area (Å²) >= 11 is 0. The van der Waals surface area contributed by atoms with Crippen molar-refractivity contribution in [3.05, 3.63) is 137 Å². The Kier molecular flexibility index (Phi) is 11.2. The SMILES string of the molecule is CCN1/C(=C/C=C(/C=C/C2=[N+](CC)c3ccc4cc(S(=O)(=O)O)ccc4c3C2(C)C)CCC(=O)Nc2ccc(C(=O)O)cc2)C(C)(C)c2c1ccc1cccc(S(=O)(=O)O)c21. The molecule has 5 aromatic carbocycles. The van der Waals surface area contributed by atoms with Gasteiger partial charge in [-0.1, -0.05) is 50.3 Å². The molecule has 12 nitrogen and oxygen atoms in total. The molecule has 1 amide bonds. The lowest BCUT2D eigenvalue weighted by molar-refractivity contribution is -0.433. The highest BCUT2D eigenvalue weighted by Crippen LogP contribution is 2.52. The summed E-state index contributed by atoms with van der Waals surface area (Å²) in [5.41, 5.74) is 5.58. The van der Waals surface area contributed by atoms with E-state index in [-0.39, 0.29) is 27.7 Å². The zero-order chi connectivity index (χ0) is 44.2. The number of carbonyl (C=O) groups excluding carboxylic acids is 1. The number of aromatic carboxylic acids is 1. The lowest BCUT2D eigenvalue weighted by atomic mass is 9.79. The standard InChI is InChI=1S/C47H47N3O9S2/c1-7-49-36-24-18-32-28-34(60(54,55)56)21-22-35(32)43(36)46(3,4)39(49)25-12-29(14-27-41(51)48-33-19-15-31(16-20-33)45(52)53)13-26-40-47(5,6)44-37(50(40)8-2)23-17-30-10-9-11-38(42(30)44)61(57,58)59/h9-13,15-26,28H,7-8,14,27H2,1-6H3,(H3-,48,51,52,53,54,55,56,57,58,59)/p+1. The van der Waals surface area contributed by atoms with Crippen LogP contribution >= 0.6 is 0 Å². The maximum Gasteiger partial charge on any atom is 0.335 e. The van der Waals surface area contributed by atoms with Gasteiger partial charge in [0.05, 0.1) is 15.9 Å². The third-order valence-corrected chi connectivity index (χ3v) is 13.6. The number of nitrogens with zero attached hydrogens (tertiary/aromatic N) is 2. The fraction of sp³-hybridized carbons (Fsp3) is 0.255. The number of carboxylic acid groups (broad SMARTS) is 1. The van der Waals surface area contributed by atoms with Crippen molar-refractivity contribution in [3.63, 3.8) is 0 Å². The van der Waals surface area contributed by atoms with Crippen LogP contribution in [0, 0.1) is 0 Å². The third kappa shape index (κ3) is 7.92. The van der Waals surface area contributed by atoms with Gasteiger partial charge in [-0.05, 0) is 122 Å². The van der Waals surface area contributed by atoms with Crippen LogP contribution in [-0.4, -0.2) is 66.3 Å². The van der Waals surface area contributed by atoms with E-state index in [1.807, 2.05) is 75.4 Å². The highest BCUT2D eigenvalue weighted by Gasteiger charge is 2.45. The van der Waals surface area contributed by atoms with Crippen molar-refractivity contribution in [1.29, 1.82) is 0 Å². The van der Waals surface area contributed by atoms with Gasteiger partial charge in [-0.3, -0.25) is 13.9 Å². The molecule has 0 bridgehead atoms. The van der Waals surface area contributed by atoms with E-state index in [1.165, 1.54) is 30.3 Å². The Morgan fingerprint density at radius 3 is 2.15 bits per heavy atom. The molecule has 14 heteroatoms. The quantitative estimate of drug-likeness (QED) is 0.0536. The number of carbonyl (C=O) groups is 2. The van der Waals surface area contributed by atoms with Crippen LogP contribution in [0.5, 0.6) is 0 Å². The smallest absolute Gasteiger partial charge is 0.335 e. The summed E-state index contributed by atoms with van der Waals surface area (Å²) in [4.78, 5) is 26.5. The molecule has 2 heterocycles. The van der Waals surface area contributed by atoms with Crippen LogP contribution in [0.4, 0.5) is 17.1 Å². The van der Waals surface area contributed by atoms with Crippen molar-refractivity contribution in [2.75, 3.05) is 23.3 Å². The number of likely N-dealkylation sites (N-methyl/N-ethyl adjacent to an activating group) is 1. The molecule has 0 fully saturated rings. The Bertz CT molecular complexity index is 3020. The second-order valence-corrected chi connectivity index (χ2v) is 19.1. The van der Waals surface area contributed by atoms with Gasteiger partial charge in [-0.15, -0.1) is 0 Å². The van der Waals surface area contributed by atoms with Gasteiger partial charge in [0.2, 0.25) is 11.6 Å². The zero-order valence-electron chi connectivity index (χ0n) is 34.7. The van der Waals surface area contributed by atoms with Crippen molar-refractivity contribution in [2.45, 2.75) is 75.0 Å². The van der Waals surface area contributed by atoms with Gasteiger partial charge in [-0.25, -0.2) is 4.79 Å². The fourth-order valence-corrected chi connectivity index (χ4v) is 10.2. The lowest BCUT2D eigenvalue weighted by Gasteiger charge is -2.26. The van der Waals surface area contributed by atoms with E-state index in [4.69, 9.17) is 0 Å². The van der Waals surface area contributed by atoms with Gasteiger partial charge >= 0.3 is 5.97 Å². The molecule has 0 saturated carbocycles. The third-order valence-electron chi connectivity index (χ3n) is 11.8. The summed E-state index contributed by atoms with van der Waals surface area (Å²) in [6.45, 7) is 13.5. The number of benzene rings is 5. The highest BCUT2D eigenvalue weighted by molar-refractivity contribution is 7.86. The first kappa shape index (κ1) is 43.2. The van der Waals surface area contributed by atoms with Crippen LogP contribution in [0.25, 0.3) is 21.5 Å². The normalized spacial score (nSPS) is 16.8. The summed E-state index contributed by atoms with van der Waals surface area (Å²) in [5.74, 6) is -1.33. The Morgan fingerprint density at radius 2 is 1.51 bits per heavy atom. The molecule has 0 unspecified atom stereocenters. The molecule has 2 aliphatic rings. The van der Waals surface area contributed by atoms with Crippen LogP contribution in [0.1, 0.15) is 75.9 Å². The predicted molar refractivity (Wildman–Crippen MR) is 239 cm³/mol. The molecule has 0 aromatic heterocycles. The minimum absolute atomic E-state index is 0.0979. The minimum atomic E-state index is -4.55. The first-order valence-corrected chi connectivity index (χ1v) is 22.8. The summed E-state index contributed by atoms with van der Waals surface area (Å²) in [5, 5.41) is 14.8. The highest BCUT2D eigenvalue weighted by atomic mass is 32.2. The average Bonchev–Trinajstić information content (AvgIpc) is 3.57. The molecule has 316 valence electrons. The van der Waals surface area contributed by atoms with Gasteiger partial charge in [0.15, 0.2) is 5.71 Å². The number of rotatable bonds is 12. The molecule has 61 heavy (non-hydrogen) atoms. The van der Waals surface area contributed by atoms with Crippen LogP contribution in [0.2, 0.25) is 0 Å². The predicted octanol–water partition coefficient (Wildman–Crippen LogP) is 9.18. The second-order valence-electron chi connectivity index (χ2n) is 16.3. The van der Waals surface area contributed by atoms with E-state index >= 15 is 0 Å². The Hall–Kier alpha value is -5.93. The van der Waals surface area contributed by atoms with E-state index < -0.39 is 37.0 Å². The molecule has 0 saturated heterocycles. The molecule has 2 aliphatic heterocycles. The van der Waals surface area contributed by atoms with Gasteiger partial charge in [0, 0.05) is 58.5 Å². The Morgan fingerprint density at radius 1 is 0.803 bits per heavy atom. The second kappa shape index (κ2) is 15.8. The number of anilines is 2. The van der Waals surface area contributed by atoms with Crippen LogP contribution in [0.3, 0.4) is 0 Å². The number of nitrogens with one attached hydrogen (secondary N) is 1. The van der Waals surface area contributed by atoms with E-state index in [9.17, 15) is 40.6 Å². The molecular formula is C47H48N3O9S2+. The van der Waals surface area contributed by atoms with E-state index in [1.54, 1.807) is 24.3 Å². The van der Waals surface area contributed by atoms with Crippen LogP contribution < -0.4 is 10.2 Å². The maximum atomic E-state index is 13.4. The molecule has 0 spiro atoms. The molecule has 5 aromatic rings. The first-order chi connectivity index (χ1) is 28.7. The number of amides is 1. The van der Waals surface area contributed by atoms with Gasteiger partial charge < -0.3 is 15.3 Å². The van der Waals surface area contributed by atoms with Crippen molar-refractivity contribution in [3.8, 4) is 0 Å². The molecule has 0 radical (unpaired) electrons. The number of hydrogen-bond acceptors (Lipinski definition) is 7. The van der Waals surface area contributed by atoms with Gasteiger partial charge in [0.1, 0.15) is 11.4 Å². The van der Waals surface area contributed by atoms with Gasteiger partial charge in [0.25, 0.3) is 20.2 Å². The van der Waals surface area contributed by atoms with E-state index in [0.29, 0.717) is 41.4 Å². The van der Waals surface area contributed by atoms with Crippen molar-refractivity contribution >= 4 is 76.4 Å². The van der Waals surface area contributed by atoms with E-state index in [0.717, 1.165) is 44.9 Å². The summed E-state index contributed by atoms with van der Waals surface area (Å²) in [7, 11) is -8.95. The van der Waals surface area contributed by atoms with Crippen molar-refractivity contribution in [1.82, 2.24) is 0 Å². The number of hydrogen-bond donors (Lipinski definition) is 4. The van der Waals surface area contributed by atoms with Crippen LogP contribution in [-0.2, 0) is 35.9 Å². The monoisotopic (exact) mass is 862 g/mol. The Labute approximate surface area is 355 Å². The number of allylic oxidation sites excluding steroid dienone is 6. The summed E-state index contributed by atoms with van der Waals surface area (Å²) in [6.07, 6.45) is 8.44. The van der Waals surface area contributed by atoms with Crippen molar-refractivity contribution in [2.24, 2.45) is 0 Å². The summed E-state index contributed by atoms with van der Waals surface area (Å²) < 4.78 is 71.5. The average molecular weight is 863 g/mol. The topological polar surface area (TPSA) is 181 Å². The molecule has 7 rings (SSSR count). The number of fused-ring (bicyclic) bond motifs is 6. The zero-order valence-corrected chi connectivity index (χ0v) is 36.4. The van der Waals surface area contributed by atoms with E-state index in [2.05, 4.69) is 35.6 Å². The fourth-order valence-electron chi connectivity index (χ4n) is 8.99. The maximum absolute atomic E-state index is 13.4. The van der Waals surface area contributed by atoms with Crippen molar-refractivity contribution < 1.29 is 45.2 Å². The molecule has 0 aliphatic carbocycles. The van der Waals surface area contributed by atoms with Gasteiger partial charge in [-0.2, -0.15) is 21.4 Å². The van der Waals surface area contributed by atoms with Crippen LogP contribution in [0.15, 0.2) is 130 Å². The minimum Gasteiger partial charge on any atom is -0.478 e. The lowest BCUT2D eigenvalue weighted by Crippen LogP contribution is -2.27. The number of carboxylic acids is 1.